The van der Waals surface area contributed by atoms with E-state index in [1.807, 2.05) is 27.7 Å². The van der Waals surface area contributed by atoms with Crippen LogP contribution in [0.5, 0.6) is 0 Å². The van der Waals surface area contributed by atoms with E-state index in [4.69, 9.17) is 32.5 Å². The van der Waals surface area contributed by atoms with Crippen LogP contribution in [0.4, 0.5) is 0 Å². The molecule has 2 rings (SSSR count). The third-order valence-electron chi connectivity index (χ3n) is 3.34. The highest BCUT2D eigenvalue weighted by molar-refractivity contribution is 6.65. The van der Waals surface area contributed by atoms with Gasteiger partial charge >= 0.3 is 7.12 Å². The van der Waals surface area contributed by atoms with Gasteiger partial charge in [-0.3, -0.25) is 0 Å². The molecule has 0 N–H and O–H groups in total. The Morgan fingerprint density at radius 1 is 1.12 bits per heavy atom. The quantitative estimate of drug-likeness (QED) is 0.582. The molecule has 0 radical (unpaired) electrons. The second-order valence-corrected chi connectivity index (χ2v) is 5.92. The van der Waals surface area contributed by atoms with Crippen LogP contribution in [-0.2, 0) is 9.31 Å². The molecule has 0 spiro atoms. The van der Waals surface area contributed by atoms with Gasteiger partial charge in [0.05, 0.1) is 16.2 Å². The van der Waals surface area contributed by atoms with Crippen molar-refractivity contribution in [3.63, 3.8) is 0 Å². The van der Waals surface area contributed by atoms with Gasteiger partial charge in [-0.2, -0.15) is 0 Å². The molecule has 1 aromatic rings. The molecule has 0 aromatic carbocycles. The molecule has 6 heteroatoms. The summed E-state index contributed by atoms with van der Waals surface area (Å²) >= 11 is 11.9. The number of pyridine rings is 1. The molecule has 17 heavy (non-hydrogen) atoms. The molecule has 0 unspecified atom stereocenters. The van der Waals surface area contributed by atoms with Gasteiger partial charge in [0.15, 0.2) is 0 Å². The summed E-state index contributed by atoms with van der Waals surface area (Å²) in [7, 11) is -0.529. The van der Waals surface area contributed by atoms with E-state index in [2.05, 4.69) is 4.98 Å². The van der Waals surface area contributed by atoms with E-state index in [9.17, 15) is 0 Å². The van der Waals surface area contributed by atoms with Crippen LogP contribution in [-0.4, -0.2) is 23.3 Å². The number of nitrogens with zero attached hydrogens (tertiary/aromatic N) is 1. The van der Waals surface area contributed by atoms with Crippen LogP contribution in [0.3, 0.4) is 0 Å². The van der Waals surface area contributed by atoms with E-state index in [0.29, 0.717) is 15.6 Å². The van der Waals surface area contributed by atoms with Crippen LogP contribution in [0.25, 0.3) is 0 Å². The highest BCUT2D eigenvalue weighted by atomic mass is 35.5. The zero-order valence-corrected chi connectivity index (χ0v) is 11.8. The topological polar surface area (TPSA) is 31.4 Å². The molecule has 3 nitrogen and oxygen atoms in total. The molecule has 0 aliphatic carbocycles. The van der Waals surface area contributed by atoms with Crippen LogP contribution in [0.15, 0.2) is 12.3 Å². The molecule has 1 aliphatic heterocycles. The molecule has 1 fully saturated rings. The highest BCUT2D eigenvalue weighted by Crippen LogP contribution is 2.36. The molecule has 0 amide bonds. The van der Waals surface area contributed by atoms with E-state index in [0.717, 1.165) is 0 Å². The van der Waals surface area contributed by atoms with Crippen LogP contribution in [0.2, 0.25) is 10.2 Å². The zero-order valence-electron chi connectivity index (χ0n) is 10.3. The molecular formula is C11H14BCl2NO2. The average molecular weight is 274 g/mol. The van der Waals surface area contributed by atoms with Crippen molar-refractivity contribution in [1.29, 1.82) is 0 Å². The second-order valence-electron chi connectivity index (χ2n) is 5.12. The van der Waals surface area contributed by atoms with Gasteiger partial charge in [0, 0.05) is 11.7 Å². The minimum absolute atomic E-state index is 0.355. The fourth-order valence-corrected chi connectivity index (χ4v) is 1.93. The number of hydrogen-bond donors (Lipinski definition) is 0. The van der Waals surface area contributed by atoms with E-state index in [-0.39, 0.29) is 0 Å². The van der Waals surface area contributed by atoms with Crippen molar-refractivity contribution in [1.82, 2.24) is 4.98 Å². The van der Waals surface area contributed by atoms with Crippen LogP contribution < -0.4 is 5.46 Å². The summed E-state index contributed by atoms with van der Waals surface area (Å²) in [4.78, 5) is 3.99. The summed E-state index contributed by atoms with van der Waals surface area (Å²) in [6.45, 7) is 7.94. The highest BCUT2D eigenvalue weighted by Gasteiger charge is 2.52. The van der Waals surface area contributed by atoms with Crippen LogP contribution >= 0.6 is 23.2 Å². The lowest BCUT2D eigenvalue weighted by Crippen LogP contribution is -2.41. The van der Waals surface area contributed by atoms with Crippen molar-refractivity contribution in [2.75, 3.05) is 0 Å². The van der Waals surface area contributed by atoms with Gasteiger partial charge in [-0.15, -0.1) is 0 Å². The second kappa shape index (κ2) is 4.13. The van der Waals surface area contributed by atoms with E-state index in [1.165, 1.54) is 6.20 Å². The minimum Gasteiger partial charge on any atom is -0.399 e. The summed E-state index contributed by atoms with van der Waals surface area (Å²) in [6, 6.07) is 1.72. The zero-order chi connectivity index (χ0) is 12.8. The Morgan fingerprint density at radius 2 is 1.65 bits per heavy atom. The number of hydrogen-bond acceptors (Lipinski definition) is 3. The van der Waals surface area contributed by atoms with Crippen molar-refractivity contribution in [3.8, 4) is 0 Å². The van der Waals surface area contributed by atoms with Gasteiger partial charge in [-0.25, -0.2) is 4.98 Å². The van der Waals surface area contributed by atoms with Crippen molar-refractivity contribution in [2.45, 2.75) is 38.9 Å². The van der Waals surface area contributed by atoms with E-state index in [1.54, 1.807) is 6.07 Å². The SMILES string of the molecule is CC1(C)OB(c2cc(Cl)cnc2Cl)OC1(C)C. The van der Waals surface area contributed by atoms with Crippen molar-refractivity contribution >= 4 is 35.8 Å². The first-order chi connectivity index (χ1) is 7.73. The van der Waals surface area contributed by atoms with Crippen LogP contribution in [0.1, 0.15) is 27.7 Å². The summed E-state index contributed by atoms with van der Waals surface area (Å²) in [6.07, 6.45) is 1.50. The maximum absolute atomic E-state index is 6.03. The Balaban J connectivity index is 2.35. The lowest BCUT2D eigenvalue weighted by molar-refractivity contribution is 0.00578. The summed E-state index contributed by atoms with van der Waals surface area (Å²) in [5, 5.41) is 0.868. The fraction of sp³-hybridized carbons (Fsp3) is 0.545. The minimum atomic E-state index is -0.529. The normalized spacial score (nSPS) is 21.9. The van der Waals surface area contributed by atoms with Gasteiger partial charge in [0.2, 0.25) is 0 Å². The third kappa shape index (κ3) is 2.32. The lowest BCUT2D eigenvalue weighted by atomic mass is 9.80. The summed E-state index contributed by atoms with van der Waals surface area (Å²) in [5.74, 6) is 0. The molecule has 2 heterocycles. The van der Waals surface area contributed by atoms with Gasteiger partial charge in [-0.1, -0.05) is 23.2 Å². The predicted molar refractivity (Wildman–Crippen MR) is 70.0 cm³/mol. The van der Waals surface area contributed by atoms with Gasteiger partial charge in [-0.05, 0) is 33.8 Å². The maximum Gasteiger partial charge on any atom is 0.498 e. The Morgan fingerprint density at radius 3 is 2.18 bits per heavy atom. The largest absolute Gasteiger partial charge is 0.498 e. The summed E-state index contributed by atoms with van der Waals surface area (Å²) in [5.41, 5.74) is -0.134. The third-order valence-corrected chi connectivity index (χ3v) is 3.86. The van der Waals surface area contributed by atoms with Gasteiger partial charge in [0.25, 0.3) is 0 Å². The van der Waals surface area contributed by atoms with Crippen molar-refractivity contribution in [2.24, 2.45) is 0 Å². The predicted octanol–water partition coefficient (Wildman–Crippen LogP) is 2.69. The first-order valence-electron chi connectivity index (χ1n) is 5.39. The molecule has 92 valence electrons. The first-order valence-corrected chi connectivity index (χ1v) is 6.15. The first kappa shape index (κ1) is 13.2. The number of rotatable bonds is 1. The molecule has 0 bridgehead atoms. The molecular weight excluding hydrogens is 260 g/mol. The van der Waals surface area contributed by atoms with E-state index >= 15 is 0 Å². The molecule has 0 atom stereocenters. The van der Waals surface area contributed by atoms with Crippen molar-refractivity contribution < 1.29 is 9.31 Å². The fourth-order valence-electron chi connectivity index (χ4n) is 1.57. The Bertz CT molecular complexity index is 435. The monoisotopic (exact) mass is 273 g/mol. The lowest BCUT2D eigenvalue weighted by Gasteiger charge is -2.32. The van der Waals surface area contributed by atoms with Gasteiger partial charge < -0.3 is 9.31 Å². The maximum atomic E-state index is 6.03. The standard InChI is InChI=1S/C11H14BCl2NO2/c1-10(2)11(3,4)17-12(16-10)8-5-7(13)6-15-9(8)14/h5-6H,1-4H3. The molecule has 1 aromatic heterocycles. The Kier molecular flexibility index (Phi) is 3.19. The molecule has 1 aliphatic rings. The molecule has 1 saturated heterocycles. The smallest absolute Gasteiger partial charge is 0.399 e. The Labute approximate surface area is 112 Å². The van der Waals surface area contributed by atoms with Crippen LogP contribution in [0, 0.1) is 0 Å². The van der Waals surface area contributed by atoms with Gasteiger partial charge in [0.1, 0.15) is 5.15 Å². The summed E-state index contributed by atoms with van der Waals surface area (Å²) < 4.78 is 11.8. The Hall–Kier alpha value is -0.285. The molecule has 0 saturated carbocycles. The van der Waals surface area contributed by atoms with Crippen molar-refractivity contribution in [3.05, 3.63) is 22.4 Å². The number of aromatic nitrogens is 1. The van der Waals surface area contributed by atoms with E-state index < -0.39 is 18.3 Å². The number of halogens is 2. The average Bonchev–Trinajstić information content (AvgIpc) is 2.40.